The molecule has 16 heavy (non-hydrogen) atoms. The molecule has 86 valence electrons. The van der Waals surface area contributed by atoms with Crippen molar-refractivity contribution in [2.75, 3.05) is 13.0 Å². The van der Waals surface area contributed by atoms with Crippen LogP contribution in [0, 0.1) is 0 Å². The Morgan fingerprint density at radius 3 is 2.62 bits per heavy atom. The van der Waals surface area contributed by atoms with Crippen LogP contribution in [0.15, 0.2) is 24.3 Å². The van der Waals surface area contributed by atoms with E-state index in [2.05, 4.69) is 10.9 Å². The van der Waals surface area contributed by atoms with Crippen LogP contribution in [0.5, 0.6) is 5.75 Å². The predicted molar refractivity (Wildman–Crippen MR) is 59.3 cm³/mol. The van der Waals surface area contributed by atoms with Gasteiger partial charge in [-0.25, -0.2) is 0 Å². The lowest BCUT2D eigenvalue weighted by molar-refractivity contribution is -0.119. The first-order chi connectivity index (χ1) is 7.69. The summed E-state index contributed by atoms with van der Waals surface area (Å²) in [7, 11) is 1.46. The van der Waals surface area contributed by atoms with E-state index in [0.29, 0.717) is 11.3 Å². The summed E-state index contributed by atoms with van der Waals surface area (Å²) >= 11 is 5.25. The Morgan fingerprint density at radius 2 is 2.00 bits per heavy atom. The van der Waals surface area contributed by atoms with Crippen molar-refractivity contribution in [1.29, 1.82) is 0 Å². The highest BCUT2D eigenvalue weighted by molar-refractivity contribution is 6.27. The van der Waals surface area contributed by atoms with E-state index < -0.39 is 11.8 Å². The van der Waals surface area contributed by atoms with Gasteiger partial charge in [-0.15, -0.1) is 11.6 Å². The van der Waals surface area contributed by atoms with E-state index in [1.807, 2.05) is 0 Å². The number of para-hydroxylation sites is 1. The number of halogens is 1. The zero-order valence-electron chi connectivity index (χ0n) is 8.62. The number of benzene rings is 1. The standard InChI is InChI=1S/C10H11ClN2O3/c1-16-8-5-3-2-4-7(8)10(15)13-12-9(14)6-11/h2-5H,6H2,1H3,(H,12,14)(H,13,15). The van der Waals surface area contributed by atoms with E-state index in [1.54, 1.807) is 24.3 Å². The number of methoxy groups -OCH3 is 1. The molecular formula is C10H11ClN2O3. The average molecular weight is 243 g/mol. The van der Waals surface area contributed by atoms with Crippen LogP contribution >= 0.6 is 11.6 Å². The van der Waals surface area contributed by atoms with Crippen molar-refractivity contribution < 1.29 is 14.3 Å². The number of rotatable bonds is 3. The molecule has 1 rings (SSSR count). The zero-order chi connectivity index (χ0) is 12.0. The van der Waals surface area contributed by atoms with Crippen LogP contribution < -0.4 is 15.6 Å². The smallest absolute Gasteiger partial charge is 0.273 e. The van der Waals surface area contributed by atoms with E-state index in [0.717, 1.165) is 0 Å². The molecule has 0 unspecified atom stereocenters. The third-order valence-electron chi connectivity index (χ3n) is 1.79. The number of hydrogen-bond donors (Lipinski definition) is 2. The normalized spacial score (nSPS) is 9.38. The molecule has 0 aliphatic carbocycles. The fraction of sp³-hybridized carbons (Fsp3) is 0.200. The van der Waals surface area contributed by atoms with Crippen LogP contribution in [-0.4, -0.2) is 24.8 Å². The molecule has 0 heterocycles. The molecule has 0 aromatic heterocycles. The second-order valence-electron chi connectivity index (χ2n) is 2.84. The predicted octanol–water partition coefficient (Wildman–Crippen LogP) is 0.695. The molecule has 6 heteroatoms. The molecule has 0 fully saturated rings. The lowest BCUT2D eigenvalue weighted by atomic mass is 10.2. The Balaban J connectivity index is 2.69. The van der Waals surface area contributed by atoms with Gasteiger partial charge in [0.15, 0.2) is 0 Å². The fourth-order valence-corrected chi connectivity index (χ4v) is 1.13. The largest absolute Gasteiger partial charge is 0.496 e. The first kappa shape index (κ1) is 12.3. The Labute approximate surface area is 97.7 Å². The van der Waals surface area contributed by atoms with Gasteiger partial charge in [-0.3, -0.25) is 20.4 Å². The number of hydrogen-bond acceptors (Lipinski definition) is 3. The van der Waals surface area contributed by atoms with Gasteiger partial charge in [0.2, 0.25) is 0 Å². The minimum Gasteiger partial charge on any atom is -0.496 e. The lowest BCUT2D eigenvalue weighted by Crippen LogP contribution is -2.42. The monoisotopic (exact) mass is 242 g/mol. The van der Waals surface area contributed by atoms with E-state index in [-0.39, 0.29) is 5.88 Å². The number of alkyl halides is 1. The fourth-order valence-electron chi connectivity index (χ4n) is 1.06. The zero-order valence-corrected chi connectivity index (χ0v) is 9.38. The van der Waals surface area contributed by atoms with E-state index >= 15 is 0 Å². The lowest BCUT2D eigenvalue weighted by Gasteiger charge is -2.09. The van der Waals surface area contributed by atoms with Crippen molar-refractivity contribution in [3.63, 3.8) is 0 Å². The van der Waals surface area contributed by atoms with Crippen molar-refractivity contribution >= 4 is 23.4 Å². The molecular weight excluding hydrogens is 232 g/mol. The minimum atomic E-state index is -0.482. The van der Waals surface area contributed by atoms with Gasteiger partial charge in [0.05, 0.1) is 12.7 Å². The summed E-state index contributed by atoms with van der Waals surface area (Å²) in [5.74, 6) is -0.729. The first-order valence-electron chi connectivity index (χ1n) is 4.47. The molecule has 0 saturated carbocycles. The minimum absolute atomic E-state index is 0.216. The summed E-state index contributed by atoms with van der Waals surface area (Å²) in [6, 6.07) is 6.67. The number of nitrogens with one attached hydrogen (secondary N) is 2. The SMILES string of the molecule is COc1ccccc1C(=O)NNC(=O)CCl. The second-order valence-corrected chi connectivity index (χ2v) is 3.10. The van der Waals surface area contributed by atoms with Gasteiger partial charge in [-0.05, 0) is 12.1 Å². The Morgan fingerprint density at radius 1 is 1.31 bits per heavy atom. The molecule has 1 aromatic carbocycles. The van der Waals surface area contributed by atoms with Crippen molar-refractivity contribution in [3.05, 3.63) is 29.8 Å². The van der Waals surface area contributed by atoms with Crippen molar-refractivity contribution in [2.24, 2.45) is 0 Å². The molecule has 0 atom stereocenters. The maximum Gasteiger partial charge on any atom is 0.273 e. The third-order valence-corrected chi connectivity index (χ3v) is 2.03. The van der Waals surface area contributed by atoms with Gasteiger partial charge in [0.25, 0.3) is 11.8 Å². The van der Waals surface area contributed by atoms with Crippen molar-refractivity contribution in [1.82, 2.24) is 10.9 Å². The maximum absolute atomic E-state index is 11.6. The summed E-state index contributed by atoms with van der Waals surface area (Å²) in [6.45, 7) is 0. The Bertz CT molecular complexity index is 395. The quantitative estimate of drug-likeness (QED) is 0.606. The molecule has 2 N–H and O–H groups in total. The number of ether oxygens (including phenoxy) is 1. The van der Waals surface area contributed by atoms with E-state index in [4.69, 9.17) is 16.3 Å². The van der Waals surface area contributed by atoms with Gasteiger partial charge in [0, 0.05) is 0 Å². The molecule has 2 amide bonds. The average Bonchev–Trinajstić information content (AvgIpc) is 2.35. The first-order valence-corrected chi connectivity index (χ1v) is 5.00. The molecule has 0 bridgehead atoms. The molecule has 5 nitrogen and oxygen atoms in total. The third kappa shape index (κ3) is 3.13. The molecule has 1 aromatic rings. The molecule has 0 spiro atoms. The molecule has 0 aliphatic rings. The number of carbonyl (C=O) groups excluding carboxylic acids is 2. The molecule has 0 aliphatic heterocycles. The summed E-state index contributed by atoms with van der Waals surface area (Å²) in [4.78, 5) is 22.4. The van der Waals surface area contributed by atoms with Gasteiger partial charge in [-0.2, -0.15) is 0 Å². The summed E-state index contributed by atoms with van der Waals surface area (Å²) in [5, 5.41) is 0. The van der Waals surface area contributed by atoms with Crippen LogP contribution in [0.4, 0.5) is 0 Å². The second kappa shape index (κ2) is 5.97. The summed E-state index contributed by atoms with van der Waals surface area (Å²) < 4.78 is 5.00. The molecule has 0 radical (unpaired) electrons. The van der Waals surface area contributed by atoms with E-state index in [1.165, 1.54) is 7.11 Å². The van der Waals surface area contributed by atoms with Gasteiger partial charge in [-0.1, -0.05) is 12.1 Å². The van der Waals surface area contributed by atoms with Crippen LogP contribution in [-0.2, 0) is 4.79 Å². The van der Waals surface area contributed by atoms with Gasteiger partial charge in [0.1, 0.15) is 11.6 Å². The number of amides is 2. The Kier molecular flexibility index (Phi) is 4.60. The highest BCUT2D eigenvalue weighted by Crippen LogP contribution is 2.16. The van der Waals surface area contributed by atoms with E-state index in [9.17, 15) is 9.59 Å². The topological polar surface area (TPSA) is 67.4 Å². The Hall–Kier alpha value is -1.75. The highest BCUT2D eigenvalue weighted by Gasteiger charge is 2.11. The van der Waals surface area contributed by atoms with Gasteiger partial charge < -0.3 is 4.74 Å². The number of hydrazine groups is 1. The van der Waals surface area contributed by atoms with Crippen LogP contribution in [0.2, 0.25) is 0 Å². The highest BCUT2D eigenvalue weighted by atomic mass is 35.5. The summed E-state index contributed by atoms with van der Waals surface area (Å²) in [5.41, 5.74) is 4.71. The van der Waals surface area contributed by atoms with Crippen molar-refractivity contribution in [2.45, 2.75) is 0 Å². The van der Waals surface area contributed by atoms with Crippen LogP contribution in [0.25, 0.3) is 0 Å². The summed E-state index contributed by atoms with van der Waals surface area (Å²) in [6.07, 6.45) is 0. The van der Waals surface area contributed by atoms with Crippen LogP contribution in [0.1, 0.15) is 10.4 Å². The van der Waals surface area contributed by atoms with Gasteiger partial charge >= 0.3 is 0 Å². The molecule has 0 saturated heterocycles. The number of carbonyl (C=O) groups is 2. The maximum atomic E-state index is 11.6. The van der Waals surface area contributed by atoms with Crippen molar-refractivity contribution in [3.8, 4) is 5.75 Å². The van der Waals surface area contributed by atoms with Crippen LogP contribution in [0.3, 0.4) is 0 Å².